The summed E-state index contributed by atoms with van der Waals surface area (Å²) < 4.78 is 25.1. The molecule has 2 heterocycles. The van der Waals surface area contributed by atoms with Gasteiger partial charge in [0.2, 0.25) is 5.91 Å². The first-order chi connectivity index (χ1) is 23.3. The smallest absolute Gasteiger partial charge is 0.412 e. The number of carbonyl (C=O) groups is 2. The van der Waals surface area contributed by atoms with E-state index in [-0.39, 0.29) is 24.2 Å². The molecule has 0 spiro atoms. The number of aliphatic hydroxyl groups is 1. The lowest BCUT2D eigenvalue weighted by atomic mass is 9.83. The van der Waals surface area contributed by atoms with Crippen molar-refractivity contribution in [1.29, 1.82) is 0 Å². The van der Waals surface area contributed by atoms with Crippen LogP contribution in [0.1, 0.15) is 61.9 Å². The molecule has 0 aliphatic carbocycles. The monoisotopic (exact) mass is 752 g/mol. The molecule has 0 aromatic heterocycles. The summed E-state index contributed by atoms with van der Waals surface area (Å²) in [7, 11) is -0.423. The largest absolute Gasteiger partial charge is 0.496 e. The van der Waals surface area contributed by atoms with Gasteiger partial charge in [-0.3, -0.25) is 9.69 Å². The summed E-state index contributed by atoms with van der Waals surface area (Å²) >= 11 is 3.71. The van der Waals surface area contributed by atoms with E-state index in [1.165, 1.54) is 4.90 Å². The molecule has 0 radical (unpaired) electrons. The quantitative estimate of drug-likeness (QED) is 0.150. The Hall–Kier alpha value is -3.22. The van der Waals surface area contributed by atoms with Crippen molar-refractivity contribution in [2.45, 2.75) is 95.7 Å². The average Bonchev–Trinajstić information content (AvgIpc) is 3.08. The molecule has 9 nitrogen and oxygen atoms in total. The lowest BCUT2D eigenvalue weighted by molar-refractivity contribution is -0.175. The van der Waals surface area contributed by atoms with Gasteiger partial charge in [-0.15, -0.1) is 0 Å². The van der Waals surface area contributed by atoms with Crippen molar-refractivity contribution in [2.75, 3.05) is 20.3 Å². The third kappa shape index (κ3) is 8.23. The highest BCUT2D eigenvalue weighted by molar-refractivity contribution is 9.10. The molecule has 264 valence electrons. The Morgan fingerprint density at radius 1 is 0.959 bits per heavy atom. The number of fused-ring (bicyclic) bond motifs is 2. The zero-order chi connectivity index (χ0) is 35.3. The molecule has 0 saturated carbocycles. The molecule has 1 N–H and O–H groups in total. The van der Waals surface area contributed by atoms with Gasteiger partial charge in [-0.25, -0.2) is 4.79 Å². The maximum Gasteiger partial charge on any atom is 0.412 e. The summed E-state index contributed by atoms with van der Waals surface area (Å²) in [5, 5.41) is 12.1. The molecule has 11 heteroatoms. The van der Waals surface area contributed by atoms with Crippen LogP contribution < -0.4 is 4.74 Å². The van der Waals surface area contributed by atoms with Gasteiger partial charge in [0.25, 0.3) is 0 Å². The summed E-state index contributed by atoms with van der Waals surface area (Å²) in [6.45, 7) is 11.9. The van der Waals surface area contributed by atoms with E-state index < -0.39 is 38.8 Å². The van der Waals surface area contributed by atoms with Crippen LogP contribution in [0, 0.1) is 0 Å². The van der Waals surface area contributed by atoms with Gasteiger partial charge in [0, 0.05) is 16.6 Å². The van der Waals surface area contributed by atoms with E-state index >= 15 is 0 Å². The minimum atomic E-state index is -2.03. The molecule has 3 aromatic rings. The van der Waals surface area contributed by atoms with Gasteiger partial charge in [-0.1, -0.05) is 97.4 Å². The summed E-state index contributed by atoms with van der Waals surface area (Å²) in [6.07, 6.45) is -0.924. The van der Waals surface area contributed by atoms with Gasteiger partial charge in [0.1, 0.15) is 18.4 Å². The molecule has 0 bridgehead atoms. The topological polar surface area (TPSA) is 97.8 Å². The molecule has 5 rings (SSSR count). The molecular weight excluding hydrogens is 704 g/mol. The second-order valence-corrected chi connectivity index (χ2v) is 20.0. The predicted molar refractivity (Wildman–Crippen MR) is 195 cm³/mol. The van der Waals surface area contributed by atoms with E-state index in [2.05, 4.69) is 49.8 Å². The number of nitrogens with zero attached hydrogens (tertiary/aromatic N) is 2. The molecule has 1 unspecified atom stereocenters. The van der Waals surface area contributed by atoms with Gasteiger partial charge >= 0.3 is 6.09 Å². The fourth-order valence-corrected chi connectivity index (χ4v) is 8.01. The number of methoxy groups -OCH3 is 1. The zero-order valence-electron chi connectivity index (χ0n) is 29.4. The van der Waals surface area contributed by atoms with E-state index in [4.69, 9.17) is 18.6 Å². The van der Waals surface area contributed by atoms with Crippen LogP contribution >= 0.6 is 15.9 Å². The number of piperazine rings is 1. The normalized spacial score (nSPS) is 20.9. The fourth-order valence-electron chi connectivity index (χ4n) is 6.41. The van der Waals surface area contributed by atoms with Crippen molar-refractivity contribution in [1.82, 2.24) is 9.80 Å². The maximum atomic E-state index is 14.8. The zero-order valence-corrected chi connectivity index (χ0v) is 31.9. The number of rotatable bonds is 12. The summed E-state index contributed by atoms with van der Waals surface area (Å²) in [4.78, 5) is 31.6. The van der Waals surface area contributed by atoms with Crippen LogP contribution in [0.2, 0.25) is 18.1 Å². The third-order valence-corrected chi connectivity index (χ3v) is 15.4. The molecule has 2 aliphatic rings. The highest BCUT2D eigenvalue weighted by atomic mass is 79.9. The molecule has 4 atom stereocenters. The van der Waals surface area contributed by atoms with Crippen molar-refractivity contribution < 1.29 is 33.3 Å². The predicted octanol–water partition coefficient (Wildman–Crippen LogP) is 7.61. The Morgan fingerprint density at radius 2 is 1.59 bits per heavy atom. The Morgan fingerprint density at radius 3 is 2.20 bits per heavy atom. The van der Waals surface area contributed by atoms with Crippen molar-refractivity contribution in [3.8, 4) is 5.75 Å². The Bertz CT molecular complexity index is 1580. The van der Waals surface area contributed by atoms with E-state index in [1.807, 2.05) is 72.8 Å². The minimum Gasteiger partial charge on any atom is -0.496 e. The SMILES string of the molecule is COc1ccc(Br)c2c1[C@H](COCc1ccccc1)N1C(=O)[C@H](CCCO[Si](C)(C)C(C)(C)C)N(C(=O)OCc3ccccc3)C(O)[C@@H]1C2. The second kappa shape index (κ2) is 15.8. The van der Waals surface area contributed by atoms with Gasteiger partial charge in [0.15, 0.2) is 14.5 Å². The third-order valence-electron chi connectivity index (χ3n) is 10.1. The Labute approximate surface area is 299 Å². The second-order valence-electron chi connectivity index (χ2n) is 14.3. The summed E-state index contributed by atoms with van der Waals surface area (Å²) in [6, 6.07) is 20.7. The van der Waals surface area contributed by atoms with Crippen LogP contribution in [0.25, 0.3) is 0 Å². The van der Waals surface area contributed by atoms with Crippen molar-refractivity contribution in [3.05, 3.63) is 99.5 Å². The fraction of sp³-hybridized carbons (Fsp3) is 0.474. The molecule has 1 saturated heterocycles. The van der Waals surface area contributed by atoms with Crippen LogP contribution in [-0.2, 0) is 38.3 Å². The van der Waals surface area contributed by atoms with Crippen LogP contribution in [0.15, 0.2) is 77.3 Å². The number of ether oxygens (including phenoxy) is 3. The number of aliphatic hydroxyl groups excluding tert-OH is 1. The first-order valence-electron chi connectivity index (χ1n) is 16.9. The van der Waals surface area contributed by atoms with Crippen molar-refractivity contribution in [3.63, 3.8) is 0 Å². The molecule has 3 aromatic carbocycles. The number of carbonyl (C=O) groups excluding carboxylic acids is 2. The standard InChI is InChI=1S/C38H49BrN2O7Si/c1-38(2,3)49(5,6)48-21-13-18-30-35(42)40-31(36(43)41(30)37(44)47-24-27-16-11-8-12-17-27)22-28-29(39)19-20-33(45-4)34(28)32(40)25-46-23-26-14-9-7-10-15-26/h7-12,14-17,19-20,30-32,36,43H,13,18,21-25H2,1-6H3/t30-,31-,32-,36?/m0/s1. The number of amides is 2. The summed E-state index contributed by atoms with van der Waals surface area (Å²) in [5.41, 5.74) is 3.56. The highest BCUT2D eigenvalue weighted by Gasteiger charge is 2.54. The van der Waals surface area contributed by atoms with E-state index in [0.717, 1.165) is 26.7 Å². The van der Waals surface area contributed by atoms with Crippen molar-refractivity contribution >= 4 is 36.2 Å². The molecule has 2 amide bonds. The first kappa shape index (κ1) is 37.0. The number of halogens is 1. The molecule has 1 fully saturated rings. The molecule has 49 heavy (non-hydrogen) atoms. The first-order valence-corrected chi connectivity index (χ1v) is 20.6. The van der Waals surface area contributed by atoms with Crippen LogP contribution in [0.4, 0.5) is 4.79 Å². The van der Waals surface area contributed by atoms with E-state index in [9.17, 15) is 14.7 Å². The number of hydrogen-bond donors (Lipinski definition) is 1. The molecular formula is C38H49BrN2O7Si. The minimum absolute atomic E-state index is 0.0220. The van der Waals surface area contributed by atoms with E-state index in [0.29, 0.717) is 38.2 Å². The van der Waals surface area contributed by atoms with Gasteiger partial charge in [-0.05, 0) is 66.2 Å². The van der Waals surface area contributed by atoms with Crippen LogP contribution in [0.5, 0.6) is 5.75 Å². The molecule has 2 aliphatic heterocycles. The van der Waals surface area contributed by atoms with Crippen LogP contribution in [0.3, 0.4) is 0 Å². The number of hydrogen-bond acceptors (Lipinski definition) is 7. The average molecular weight is 754 g/mol. The lowest BCUT2D eigenvalue weighted by Crippen LogP contribution is -2.70. The van der Waals surface area contributed by atoms with Crippen LogP contribution in [-0.4, -0.2) is 73.9 Å². The Kier molecular flexibility index (Phi) is 11.9. The summed E-state index contributed by atoms with van der Waals surface area (Å²) in [5.74, 6) is 0.372. The highest BCUT2D eigenvalue weighted by Crippen LogP contribution is 2.46. The van der Waals surface area contributed by atoms with Gasteiger partial charge < -0.3 is 28.6 Å². The van der Waals surface area contributed by atoms with Gasteiger partial charge in [-0.2, -0.15) is 0 Å². The van der Waals surface area contributed by atoms with E-state index in [1.54, 1.807) is 12.0 Å². The number of benzene rings is 3. The van der Waals surface area contributed by atoms with Crippen molar-refractivity contribution in [2.24, 2.45) is 0 Å². The Balaban J connectivity index is 1.47. The van der Waals surface area contributed by atoms with Gasteiger partial charge in [0.05, 0.1) is 32.4 Å². The lowest BCUT2D eigenvalue weighted by Gasteiger charge is -2.53. The maximum absolute atomic E-state index is 14.8.